The fourth-order valence-corrected chi connectivity index (χ4v) is 5.65. The number of fused-ring (bicyclic) bond motifs is 2. The molecule has 0 aliphatic rings. The van der Waals surface area contributed by atoms with E-state index in [1.165, 1.54) is 0 Å². The third kappa shape index (κ3) is 5.94. The van der Waals surface area contributed by atoms with Gasteiger partial charge in [0.2, 0.25) is 0 Å². The molecule has 0 atom stereocenters. The zero-order valence-corrected chi connectivity index (χ0v) is 22.1. The largest absolute Gasteiger partial charge is 0.325 e. The predicted octanol–water partition coefficient (Wildman–Crippen LogP) is 4.25. The van der Waals surface area contributed by atoms with Gasteiger partial charge in [-0.3, -0.25) is 9.13 Å². The van der Waals surface area contributed by atoms with Gasteiger partial charge < -0.3 is 28.7 Å². The third-order valence-electron chi connectivity index (χ3n) is 6.18. The van der Waals surface area contributed by atoms with Crippen molar-refractivity contribution in [1.29, 1.82) is 0 Å². The van der Waals surface area contributed by atoms with Gasteiger partial charge >= 0.3 is 15.2 Å². The Labute approximate surface area is 218 Å². The number of nitrogens with zero attached hydrogens (tertiary/aromatic N) is 5. The molecule has 0 saturated carbocycles. The van der Waals surface area contributed by atoms with Crippen LogP contribution in [-0.2, 0) is 22.2 Å². The molecular formula is C25H27N5O6P2. The van der Waals surface area contributed by atoms with Crippen LogP contribution in [-0.4, -0.2) is 56.0 Å². The molecule has 0 saturated heterocycles. The van der Waals surface area contributed by atoms with Gasteiger partial charge in [0.25, 0.3) is 0 Å². The Balaban J connectivity index is 1.56. The van der Waals surface area contributed by atoms with Crippen LogP contribution in [0.3, 0.4) is 0 Å². The zero-order chi connectivity index (χ0) is 26.9. The van der Waals surface area contributed by atoms with Crippen molar-refractivity contribution in [3.8, 4) is 23.0 Å². The second-order valence-electron chi connectivity index (χ2n) is 9.04. The molecule has 0 aliphatic carbocycles. The van der Waals surface area contributed by atoms with Gasteiger partial charge in [-0.1, -0.05) is 30.3 Å². The van der Waals surface area contributed by atoms with Crippen LogP contribution < -0.4 is 0 Å². The van der Waals surface area contributed by atoms with Crippen LogP contribution in [0.1, 0.15) is 12.8 Å². The fraction of sp³-hybridized carbons (Fsp3) is 0.240. The van der Waals surface area contributed by atoms with E-state index in [1.54, 1.807) is 0 Å². The van der Waals surface area contributed by atoms with E-state index in [-0.39, 0.29) is 25.2 Å². The summed E-state index contributed by atoms with van der Waals surface area (Å²) >= 11 is 0. The Kier molecular flexibility index (Phi) is 7.33. The number of pyridine rings is 1. The summed E-state index contributed by atoms with van der Waals surface area (Å²) in [5.74, 6) is 1.14. The molecule has 38 heavy (non-hydrogen) atoms. The highest BCUT2D eigenvalue weighted by Crippen LogP contribution is 2.37. The van der Waals surface area contributed by atoms with Gasteiger partial charge in [0, 0.05) is 13.1 Å². The normalized spacial score (nSPS) is 12.5. The highest BCUT2D eigenvalue weighted by atomic mass is 31.2. The van der Waals surface area contributed by atoms with Crippen LogP contribution in [0.4, 0.5) is 0 Å². The Morgan fingerprint density at radius 3 is 1.42 bits per heavy atom. The molecule has 0 amide bonds. The molecule has 0 fully saturated rings. The van der Waals surface area contributed by atoms with E-state index >= 15 is 0 Å². The third-order valence-corrected chi connectivity index (χ3v) is 7.98. The molecule has 5 rings (SSSR count). The van der Waals surface area contributed by atoms with Crippen LogP contribution >= 0.6 is 15.2 Å². The lowest BCUT2D eigenvalue weighted by Crippen LogP contribution is -2.06. The second kappa shape index (κ2) is 10.5. The van der Waals surface area contributed by atoms with E-state index in [0.29, 0.717) is 36.1 Å². The summed E-state index contributed by atoms with van der Waals surface area (Å²) in [6.07, 6.45) is 0.0788. The average molecular weight is 555 g/mol. The minimum absolute atomic E-state index is 0.231. The van der Waals surface area contributed by atoms with Gasteiger partial charge in [0.15, 0.2) is 11.6 Å². The topological polar surface area (TPSA) is 164 Å². The summed E-state index contributed by atoms with van der Waals surface area (Å²) in [5, 5.41) is 0. The maximum atomic E-state index is 11.4. The number of hydrogen-bond acceptors (Lipinski definition) is 5. The molecule has 0 bridgehead atoms. The molecule has 0 spiro atoms. The van der Waals surface area contributed by atoms with Crippen LogP contribution in [0.15, 0.2) is 66.7 Å². The van der Waals surface area contributed by atoms with Crippen molar-refractivity contribution in [2.45, 2.75) is 25.9 Å². The van der Waals surface area contributed by atoms with E-state index in [9.17, 15) is 28.7 Å². The summed E-state index contributed by atoms with van der Waals surface area (Å²) in [6.45, 7) is 0.710. The van der Waals surface area contributed by atoms with Gasteiger partial charge in [0.05, 0.1) is 34.4 Å². The van der Waals surface area contributed by atoms with Crippen LogP contribution in [0.5, 0.6) is 0 Å². The molecule has 13 heteroatoms. The Bertz CT molecular complexity index is 1580. The van der Waals surface area contributed by atoms with E-state index in [1.807, 2.05) is 75.9 Å². The molecule has 0 radical (unpaired) electrons. The first-order valence-corrected chi connectivity index (χ1v) is 15.7. The lowest BCUT2D eigenvalue weighted by Gasteiger charge is -2.12. The molecular weight excluding hydrogens is 528 g/mol. The Morgan fingerprint density at radius 1 is 0.579 bits per heavy atom. The van der Waals surface area contributed by atoms with Crippen LogP contribution in [0, 0.1) is 0 Å². The van der Waals surface area contributed by atoms with E-state index in [2.05, 4.69) is 0 Å². The standard InChI is InChI=1S/C25H27N5O6P2/c31-37(32,33)16-6-14-29-22-12-3-1-8-18(22)27-24(29)20-10-5-11-21(26-20)25-28-19-9-2-4-13-23(19)30(25)15-7-17-38(34,35)36/h1-5,8-13H,6-7,14-17H2,(H2,31,32,33)(H2,34,35,36). The molecule has 11 nitrogen and oxygen atoms in total. The lowest BCUT2D eigenvalue weighted by molar-refractivity contribution is 0.368. The number of benzene rings is 2. The maximum absolute atomic E-state index is 11.4. The molecule has 3 aromatic heterocycles. The lowest BCUT2D eigenvalue weighted by atomic mass is 10.2. The van der Waals surface area contributed by atoms with Crippen molar-refractivity contribution in [2.75, 3.05) is 12.3 Å². The first-order valence-electron chi connectivity index (χ1n) is 12.1. The first-order chi connectivity index (χ1) is 18.1. The fourth-order valence-electron chi connectivity index (χ4n) is 4.55. The molecule has 4 N–H and O–H groups in total. The maximum Gasteiger partial charge on any atom is 0.325 e. The number of aromatic nitrogens is 5. The van der Waals surface area contributed by atoms with Crippen molar-refractivity contribution >= 4 is 37.3 Å². The van der Waals surface area contributed by atoms with E-state index < -0.39 is 15.2 Å². The van der Waals surface area contributed by atoms with Crippen LogP contribution in [0.2, 0.25) is 0 Å². The van der Waals surface area contributed by atoms with Gasteiger partial charge in [0.1, 0.15) is 11.4 Å². The van der Waals surface area contributed by atoms with Gasteiger partial charge in [-0.25, -0.2) is 15.0 Å². The van der Waals surface area contributed by atoms with E-state index in [0.717, 1.165) is 22.1 Å². The molecule has 0 aliphatic heterocycles. The van der Waals surface area contributed by atoms with Crippen LogP contribution in [0.25, 0.3) is 45.1 Å². The highest BCUT2D eigenvalue weighted by Gasteiger charge is 2.20. The second-order valence-corrected chi connectivity index (χ2v) is 12.6. The van der Waals surface area contributed by atoms with Gasteiger partial charge in [-0.2, -0.15) is 0 Å². The minimum Gasteiger partial charge on any atom is -0.324 e. The molecule has 198 valence electrons. The molecule has 3 heterocycles. The van der Waals surface area contributed by atoms with Crippen molar-refractivity contribution in [2.24, 2.45) is 0 Å². The quantitative estimate of drug-likeness (QED) is 0.184. The Hall–Kier alpha value is -3.17. The average Bonchev–Trinajstić information content (AvgIpc) is 3.42. The highest BCUT2D eigenvalue weighted by molar-refractivity contribution is 7.52. The predicted molar refractivity (Wildman–Crippen MR) is 145 cm³/mol. The summed E-state index contributed by atoms with van der Waals surface area (Å²) in [4.78, 5) is 51.7. The monoisotopic (exact) mass is 555 g/mol. The van der Waals surface area contributed by atoms with Crippen molar-refractivity contribution in [3.63, 3.8) is 0 Å². The molecule has 2 aromatic carbocycles. The number of rotatable bonds is 10. The number of aryl methyl sites for hydroxylation is 2. The van der Waals surface area contributed by atoms with Gasteiger partial charge in [-0.15, -0.1) is 0 Å². The van der Waals surface area contributed by atoms with Crippen molar-refractivity contribution in [1.82, 2.24) is 24.1 Å². The number of hydrogen-bond donors (Lipinski definition) is 4. The van der Waals surface area contributed by atoms with E-state index in [4.69, 9.17) is 15.0 Å². The number of imidazole rings is 2. The summed E-state index contributed by atoms with van der Waals surface area (Å²) < 4.78 is 26.7. The van der Waals surface area contributed by atoms with Crippen molar-refractivity contribution < 1.29 is 28.7 Å². The van der Waals surface area contributed by atoms with Crippen molar-refractivity contribution in [3.05, 3.63) is 66.7 Å². The SMILES string of the molecule is O=P(O)(O)CCCn1c(-c2cccc(-c3nc4ccccc4n3CCCP(=O)(O)O)n2)nc2ccccc21. The molecule has 5 aromatic rings. The summed E-state index contributed by atoms with van der Waals surface area (Å²) in [6, 6.07) is 20.6. The summed E-state index contributed by atoms with van der Waals surface area (Å²) in [5.41, 5.74) is 4.31. The van der Waals surface area contributed by atoms with Gasteiger partial charge in [-0.05, 0) is 49.2 Å². The summed E-state index contributed by atoms with van der Waals surface area (Å²) in [7, 11) is -8.26. The smallest absolute Gasteiger partial charge is 0.324 e. The number of para-hydroxylation sites is 4. The minimum atomic E-state index is -4.13. The molecule has 0 unspecified atom stereocenters. The Morgan fingerprint density at radius 2 is 1.00 bits per heavy atom. The first kappa shape index (κ1) is 26.4. The zero-order valence-electron chi connectivity index (χ0n) is 20.3.